The minimum absolute atomic E-state index is 0.322. The van der Waals surface area contributed by atoms with Gasteiger partial charge in [0, 0.05) is 41.0 Å². The smallest absolute Gasteiger partial charge is 0.206 e. The molecule has 0 saturated heterocycles. The molecule has 4 aromatic heterocycles. The van der Waals surface area contributed by atoms with E-state index in [1.54, 1.807) is 42.7 Å². The zero-order valence-corrected chi connectivity index (χ0v) is 15.5. The van der Waals surface area contributed by atoms with Crippen LogP contribution in [0, 0.1) is 11.6 Å². The Morgan fingerprint density at radius 2 is 1.67 bits per heavy atom. The van der Waals surface area contributed by atoms with Crippen molar-refractivity contribution in [3.05, 3.63) is 85.0 Å². The van der Waals surface area contributed by atoms with Gasteiger partial charge in [0.05, 0.1) is 11.9 Å². The zero-order chi connectivity index (χ0) is 20.5. The molecule has 30 heavy (non-hydrogen) atoms. The third kappa shape index (κ3) is 3.35. The molecule has 0 saturated carbocycles. The number of anilines is 2. The number of benzene rings is 1. The molecule has 8 heteroatoms. The second-order valence-electron chi connectivity index (χ2n) is 6.57. The van der Waals surface area contributed by atoms with Gasteiger partial charge in [0.2, 0.25) is 5.95 Å². The molecule has 0 atom stereocenters. The van der Waals surface area contributed by atoms with E-state index in [2.05, 4.69) is 25.3 Å². The van der Waals surface area contributed by atoms with E-state index in [1.165, 1.54) is 24.5 Å². The second-order valence-corrected chi connectivity index (χ2v) is 6.57. The lowest BCUT2D eigenvalue weighted by atomic mass is 10.0. The van der Waals surface area contributed by atoms with Crippen LogP contribution in [-0.4, -0.2) is 24.9 Å². The molecule has 0 aliphatic carbocycles. The Hall–Kier alpha value is -4.20. The summed E-state index contributed by atoms with van der Waals surface area (Å²) in [4.78, 5) is 20.3. The normalized spacial score (nSPS) is 11.0. The molecule has 6 nitrogen and oxygen atoms in total. The van der Waals surface area contributed by atoms with E-state index in [0.717, 1.165) is 5.56 Å². The first-order valence-corrected chi connectivity index (χ1v) is 9.11. The summed E-state index contributed by atoms with van der Waals surface area (Å²) < 4.78 is 27.7. The van der Waals surface area contributed by atoms with E-state index < -0.39 is 5.82 Å². The molecule has 1 aromatic carbocycles. The fraction of sp³-hybridized carbons (Fsp3) is 0. The van der Waals surface area contributed by atoms with Gasteiger partial charge in [0.15, 0.2) is 5.65 Å². The number of halogens is 2. The van der Waals surface area contributed by atoms with Crippen molar-refractivity contribution in [2.24, 2.45) is 0 Å². The van der Waals surface area contributed by atoms with Gasteiger partial charge in [-0.05, 0) is 48.5 Å². The Bertz CT molecular complexity index is 1330. The number of aromatic nitrogens is 5. The summed E-state index contributed by atoms with van der Waals surface area (Å²) in [5.41, 5.74) is 4.01. The van der Waals surface area contributed by atoms with Crippen LogP contribution in [0.2, 0.25) is 0 Å². The highest BCUT2D eigenvalue weighted by Crippen LogP contribution is 2.34. The lowest BCUT2D eigenvalue weighted by Gasteiger charge is -2.09. The van der Waals surface area contributed by atoms with E-state index in [1.807, 2.05) is 6.07 Å². The number of rotatable bonds is 4. The minimum atomic E-state index is -0.455. The molecule has 4 heterocycles. The quantitative estimate of drug-likeness (QED) is 0.439. The highest BCUT2D eigenvalue weighted by Gasteiger charge is 2.17. The molecular weight excluding hydrogens is 386 g/mol. The first-order valence-electron chi connectivity index (χ1n) is 9.11. The molecular formula is C22H14F2N6. The lowest BCUT2D eigenvalue weighted by Crippen LogP contribution is -1.94. The number of hydrogen-bond donors (Lipinski definition) is 2. The van der Waals surface area contributed by atoms with Crippen LogP contribution in [0.5, 0.6) is 0 Å². The van der Waals surface area contributed by atoms with Gasteiger partial charge in [-0.25, -0.2) is 18.7 Å². The van der Waals surface area contributed by atoms with Crippen LogP contribution < -0.4 is 5.32 Å². The molecule has 0 bridgehead atoms. The molecule has 0 amide bonds. The van der Waals surface area contributed by atoms with Crippen LogP contribution in [0.3, 0.4) is 0 Å². The predicted molar refractivity (Wildman–Crippen MR) is 110 cm³/mol. The average molecular weight is 400 g/mol. The van der Waals surface area contributed by atoms with Crippen molar-refractivity contribution in [2.45, 2.75) is 0 Å². The maximum atomic E-state index is 14.5. The van der Waals surface area contributed by atoms with E-state index in [4.69, 9.17) is 4.98 Å². The Kier molecular flexibility index (Phi) is 4.36. The van der Waals surface area contributed by atoms with Crippen LogP contribution in [-0.2, 0) is 0 Å². The monoisotopic (exact) mass is 400 g/mol. The van der Waals surface area contributed by atoms with Crippen molar-refractivity contribution in [1.82, 2.24) is 24.9 Å². The summed E-state index contributed by atoms with van der Waals surface area (Å²) in [5.74, 6) is -0.338. The number of nitrogens with zero attached hydrogens (tertiary/aromatic N) is 4. The van der Waals surface area contributed by atoms with Crippen LogP contribution >= 0.6 is 0 Å². The van der Waals surface area contributed by atoms with Crippen molar-refractivity contribution in [2.75, 3.05) is 5.32 Å². The standard InChI is InChI=1S/C22H14F2N6/c23-14-3-5-15(6-4-14)27-22-28-19-10-17(16-7-9-26-12-18(16)24)20(29-21(19)30-22)13-2-1-8-25-11-13/h1-12H,(H2,27,28,29,30). The number of nitrogens with one attached hydrogen (secondary N) is 2. The Labute approximate surface area is 169 Å². The maximum absolute atomic E-state index is 14.5. The number of hydrogen-bond acceptors (Lipinski definition) is 5. The van der Waals surface area contributed by atoms with Crippen LogP contribution in [0.15, 0.2) is 73.3 Å². The van der Waals surface area contributed by atoms with Crippen LogP contribution in [0.1, 0.15) is 0 Å². The van der Waals surface area contributed by atoms with Crippen molar-refractivity contribution in [1.29, 1.82) is 0 Å². The zero-order valence-electron chi connectivity index (χ0n) is 15.5. The summed E-state index contributed by atoms with van der Waals surface area (Å²) in [5, 5.41) is 3.08. The molecule has 5 aromatic rings. The number of imidazole rings is 1. The van der Waals surface area contributed by atoms with Gasteiger partial charge in [-0.15, -0.1) is 0 Å². The summed E-state index contributed by atoms with van der Waals surface area (Å²) in [6.45, 7) is 0. The average Bonchev–Trinajstić information content (AvgIpc) is 3.17. The van der Waals surface area contributed by atoms with E-state index in [-0.39, 0.29) is 5.82 Å². The van der Waals surface area contributed by atoms with Crippen LogP contribution in [0.25, 0.3) is 33.5 Å². The number of aromatic amines is 1. The molecule has 0 aliphatic rings. The number of fused-ring (bicyclic) bond motifs is 1. The van der Waals surface area contributed by atoms with Gasteiger partial charge < -0.3 is 10.3 Å². The maximum Gasteiger partial charge on any atom is 0.206 e. The first-order chi connectivity index (χ1) is 14.7. The molecule has 146 valence electrons. The van der Waals surface area contributed by atoms with Crippen molar-refractivity contribution >= 4 is 22.8 Å². The van der Waals surface area contributed by atoms with Crippen LogP contribution in [0.4, 0.5) is 20.4 Å². The van der Waals surface area contributed by atoms with Gasteiger partial charge in [-0.2, -0.15) is 0 Å². The second kappa shape index (κ2) is 7.32. The third-order valence-electron chi connectivity index (χ3n) is 4.58. The van der Waals surface area contributed by atoms with Gasteiger partial charge in [-0.1, -0.05) is 0 Å². The minimum Gasteiger partial charge on any atom is -0.326 e. The number of pyridine rings is 3. The van der Waals surface area contributed by atoms with E-state index in [0.29, 0.717) is 39.6 Å². The van der Waals surface area contributed by atoms with Crippen molar-refractivity contribution < 1.29 is 8.78 Å². The van der Waals surface area contributed by atoms with Gasteiger partial charge in [-0.3, -0.25) is 9.97 Å². The SMILES string of the molecule is Fc1ccc(Nc2nc3cc(-c4ccncc4F)c(-c4cccnc4)nc3[nH]2)cc1. The summed E-state index contributed by atoms with van der Waals surface area (Å²) in [6.07, 6.45) is 6.03. The fourth-order valence-corrected chi connectivity index (χ4v) is 3.19. The third-order valence-corrected chi connectivity index (χ3v) is 4.58. The summed E-state index contributed by atoms with van der Waals surface area (Å²) in [6, 6.07) is 12.9. The predicted octanol–water partition coefficient (Wildman–Crippen LogP) is 5.10. The molecule has 0 fully saturated rings. The summed E-state index contributed by atoms with van der Waals surface area (Å²) in [7, 11) is 0. The topological polar surface area (TPSA) is 79.4 Å². The van der Waals surface area contributed by atoms with Gasteiger partial charge >= 0.3 is 0 Å². The fourth-order valence-electron chi connectivity index (χ4n) is 3.19. The van der Waals surface area contributed by atoms with Gasteiger partial charge in [0.1, 0.15) is 17.2 Å². The molecule has 0 radical (unpaired) electrons. The molecule has 0 unspecified atom stereocenters. The Balaban J connectivity index is 1.65. The van der Waals surface area contributed by atoms with E-state index in [9.17, 15) is 8.78 Å². The van der Waals surface area contributed by atoms with Crippen molar-refractivity contribution in [3.63, 3.8) is 0 Å². The Morgan fingerprint density at radius 1 is 0.833 bits per heavy atom. The van der Waals surface area contributed by atoms with Gasteiger partial charge in [0.25, 0.3) is 0 Å². The number of H-pyrrole nitrogens is 1. The molecule has 0 aliphatic heterocycles. The van der Waals surface area contributed by atoms with E-state index >= 15 is 0 Å². The molecule has 5 rings (SSSR count). The molecule has 2 N–H and O–H groups in total. The highest BCUT2D eigenvalue weighted by atomic mass is 19.1. The Morgan fingerprint density at radius 3 is 2.43 bits per heavy atom. The first kappa shape index (κ1) is 17.9. The van der Waals surface area contributed by atoms with Crippen molar-refractivity contribution in [3.8, 4) is 22.4 Å². The highest BCUT2D eigenvalue weighted by molar-refractivity contribution is 5.89. The lowest BCUT2D eigenvalue weighted by molar-refractivity contribution is 0.625. The largest absolute Gasteiger partial charge is 0.326 e. The summed E-state index contributed by atoms with van der Waals surface area (Å²) >= 11 is 0. The molecule has 0 spiro atoms.